The number of halogens is 1. The second-order valence-corrected chi connectivity index (χ2v) is 4.58. The molecule has 1 aliphatic rings. The number of benzene rings is 2. The molecule has 0 saturated heterocycles. The van der Waals surface area contributed by atoms with Gasteiger partial charge in [0.2, 0.25) is 0 Å². The Bertz CT molecular complexity index is 582. The van der Waals surface area contributed by atoms with E-state index in [9.17, 15) is 9.50 Å². The van der Waals surface area contributed by atoms with Crippen molar-refractivity contribution < 1.29 is 9.50 Å². The van der Waals surface area contributed by atoms with Crippen LogP contribution in [0.25, 0.3) is 0 Å². The molecule has 0 aromatic heterocycles. The molecule has 0 unspecified atom stereocenters. The van der Waals surface area contributed by atoms with Crippen LogP contribution in [0.5, 0.6) is 5.75 Å². The Morgan fingerprint density at radius 3 is 2.83 bits per heavy atom. The number of para-hydroxylation sites is 1. The number of anilines is 1. The van der Waals surface area contributed by atoms with Crippen LogP contribution < -0.4 is 4.90 Å². The smallest absolute Gasteiger partial charge is 0.131 e. The number of nitrogens with zero attached hydrogens (tertiary/aromatic N) is 1. The van der Waals surface area contributed by atoms with Crippen LogP contribution in [-0.4, -0.2) is 11.7 Å². The highest BCUT2D eigenvalue weighted by Gasteiger charge is 2.19. The standard InChI is InChI=1S/C15H14FNO/c16-14-9-13(18)6-5-12(14)10-17-8-7-11-3-1-2-4-15(11)17/h1-6,9,18H,7-8,10H2. The van der Waals surface area contributed by atoms with E-state index in [1.54, 1.807) is 6.07 Å². The summed E-state index contributed by atoms with van der Waals surface area (Å²) < 4.78 is 13.7. The highest BCUT2D eigenvalue weighted by atomic mass is 19.1. The van der Waals surface area contributed by atoms with Crippen molar-refractivity contribution in [2.75, 3.05) is 11.4 Å². The molecule has 0 aliphatic carbocycles. The summed E-state index contributed by atoms with van der Waals surface area (Å²) in [4.78, 5) is 2.17. The quantitative estimate of drug-likeness (QED) is 0.876. The van der Waals surface area contributed by atoms with E-state index in [1.807, 2.05) is 12.1 Å². The van der Waals surface area contributed by atoms with Gasteiger partial charge in [0, 0.05) is 30.4 Å². The van der Waals surface area contributed by atoms with E-state index in [2.05, 4.69) is 17.0 Å². The minimum atomic E-state index is -0.348. The summed E-state index contributed by atoms with van der Waals surface area (Å²) in [7, 11) is 0. The first-order valence-corrected chi connectivity index (χ1v) is 6.04. The molecule has 0 saturated carbocycles. The van der Waals surface area contributed by atoms with Gasteiger partial charge >= 0.3 is 0 Å². The van der Waals surface area contributed by atoms with Gasteiger partial charge in [0.05, 0.1) is 0 Å². The van der Waals surface area contributed by atoms with Gasteiger partial charge in [-0.3, -0.25) is 0 Å². The maximum Gasteiger partial charge on any atom is 0.131 e. The maximum atomic E-state index is 13.7. The van der Waals surface area contributed by atoms with Crippen LogP contribution in [0.1, 0.15) is 11.1 Å². The van der Waals surface area contributed by atoms with Crippen LogP contribution in [0.15, 0.2) is 42.5 Å². The summed E-state index contributed by atoms with van der Waals surface area (Å²) in [6.07, 6.45) is 1.01. The average Bonchev–Trinajstić information content (AvgIpc) is 2.76. The molecule has 1 N–H and O–H groups in total. The van der Waals surface area contributed by atoms with Gasteiger partial charge in [0.25, 0.3) is 0 Å². The van der Waals surface area contributed by atoms with Crippen molar-refractivity contribution in [3.8, 4) is 5.75 Å². The van der Waals surface area contributed by atoms with E-state index in [-0.39, 0.29) is 11.6 Å². The normalized spacial score (nSPS) is 13.7. The van der Waals surface area contributed by atoms with Gasteiger partial charge in [0.1, 0.15) is 11.6 Å². The van der Waals surface area contributed by atoms with Gasteiger partial charge in [-0.05, 0) is 24.1 Å². The van der Waals surface area contributed by atoms with E-state index in [1.165, 1.54) is 17.3 Å². The lowest BCUT2D eigenvalue weighted by molar-refractivity contribution is 0.467. The SMILES string of the molecule is Oc1ccc(CN2CCc3ccccc32)c(F)c1. The van der Waals surface area contributed by atoms with Crippen molar-refractivity contribution in [1.82, 2.24) is 0 Å². The predicted octanol–water partition coefficient (Wildman–Crippen LogP) is 3.09. The lowest BCUT2D eigenvalue weighted by Crippen LogP contribution is -2.20. The number of fused-ring (bicyclic) bond motifs is 1. The zero-order valence-corrected chi connectivity index (χ0v) is 9.94. The molecule has 92 valence electrons. The van der Waals surface area contributed by atoms with Gasteiger partial charge in [-0.1, -0.05) is 24.3 Å². The molecule has 0 atom stereocenters. The fourth-order valence-electron chi connectivity index (χ4n) is 2.44. The molecule has 0 bridgehead atoms. The lowest BCUT2D eigenvalue weighted by atomic mass is 10.1. The summed E-state index contributed by atoms with van der Waals surface area (Å²) in [6, 6.07) is 12.6. The largest absolute Gasteiger partial charge is 0.508 e. The fourth-order valence-corrected chi connectivity index (χ4v) is 2.44. The maximum absolute atomic E-state index is 13.7. The summed E-state index contributed by atoms with van der Waals surface area (Å²) >= 11 is 0. The van der Waals surface area contributed by atoms with Crippen molar-refractivity contribution >= 4 is 5.69 Å². The molecular formula is C15H14FNO. The Morgan fingerprint density at radius 1 is 1.17 bits per heavy atom. The average molecular weight is 243 g/mol. The molecule has 0 spiro atoms. The lowest BCUT2D eigenvalue weighted by Gasteiger charge is -2.19. The van der Waals surface area contributed by atoms with Crippen LogP contribution >= 0.6 is 0 Å². The zero-order valence-electron chi connectivity index (χ0n) is 9.94. The second kappa shape index (κ2) is 4.33. The van der Waals surface area contributed by atoms with Gasteiger partial charge in [0.15, 0.2) is 0 Å². The van der Waals surface area contributed by atoms with Crippen LogP contribution in [-0.2, 0) is 13.0 Å². The fraction of sp³-hybridized carbons (Fsp3) is 0.200. The number of hydrogen-bond donors (Lipinski definition) is 1. The van der Waals surface area contributed by atoms with Gasteiger partial charge in [-0.15, -0.1) is 0 Å². The third kappa shape index (κ3) is 1.92. The first-order valence-electron chi connectivity index (χ1n) is 6.04. The van der Waals surface area contributed by atoms with Crippen molar-refractivity contribution in [1.29, 1.82) is 0 Å². The minimum Gasteiger partial charge on any atom is -0.508 e. The molecule has 1 heterocycles. The highest BCUT2D eigenvalue weighted by molar-refractivity contribution is 5.58. The third-order valence-corrected chi connectivity index (χ3v) is 3.38. The molecule has 0 fully saturated rings. The van der Waals surface area contributed by atoms with Crippen molar-refractivity contribution in [3.05, 3.63) is 59.4 Å². The van der Waals surface area contributed by atoms with Gasteiger partial charge < -0.3 is 10.0 Å². The molecule has 2 aromatic carbocycles. The molecule has 0 radical (unpaired) electrons. The van der Waals surface area contributed by atoms with Crippen molar-refractivity contribution in [2.45, 2.75) is 13.0 Å². The van der Waals surface area contributed by atoms with Crippen LogP contribution in [0.4, 0.5) is 10.1 Å². The van der Waals surface area contributed by atoms with Crippen LogP contribution in [0.2, 0.25) is 0 Å². The van der Waals surface area contributed by atoms with Crippen molar-refractivity contribution in [2.24, 2.45) is 0 Å². The molecule has 2 aromatic rings. The van der Waals surface area contributed by atoms with Gasteiger partial charge in [-0.2, -0.15) is 0 Å². The number of rotatable bonds is 2. The molecule has 3 heteroatoms. The van der Waals surface area contributed by atoms with E-state index in [0.29, 0.717) is 12.1 Å². The zero-order chi connectivity index (χ0) is 12.5. The number of aromatic hydroxyl groups is 1. The van der Waals surface area contributed by atoms with Crippen molar-refractivity contribution in [3.63, 3.8) is 0 Å². The highest BCUT2D eigenvalue weighted by Crippen LogP contribution is 2.29. The van der Waals surface area contributed by atoms with E-state index >= 15 is 0 Å². The van der Waals surface area contributed by atoms with Crippen LogP contribution in [0.3, 0.4) is 0 Å². The number of phenols is 1. The first-order chi connectivity index (χ1) is 8.74. The molecule has 3 rings (SSSR count). The molecule has 1 aliphatic heterocycles. The third-order valence-electron chi connectivity index (χ3n) is 3.38. The Kier molecular flexibility index (Phi) is 2.67. The summed E-state index contributed by atoms with van der Waals surface area (Å²) in [5, 5.41) is 9.20. The van der Waals surface area contributed by atoms with Crippen LogP contribution in [0, 0.1) is 5.82 Å². The molecular weight excluding hydrogens is 229 g/mol. The predicted molar refractivity (Wildman–Crippen MR) is 69.3 cm³/mol. The molecule has 18 heavy (non-hydrogen) atoms. The van der Waals surface area contributed by atoms with E-state index < -0.39 is 0 Å². The number of hydrogen-bond acceptors (Lipinski definition) is 2. The number of phenolic OH excluding ortho intramolecular Hbond substituents is 1. The minimum absolute atomic E-state index is 0.0296. The Hall–Kier alpha value is -2.03. The topological polar surface area (TPSA) is 23.5 Å². The summed E-state index contributed by atoms with van der Waals surface area (Å²) in [6.45, 7) is 1.46. The van der Waals surface area contributed by atoms with E-state index in [0.717, 1.165) is 19.0 Å². The summed E-state index contributed by atoms with van der Waals surface area (Å²) in [5.41, 5.74) is 3.12. The molecule has 2 nitrogen and oxygen atoms in total. The Labute approximate surface area is 105 Å². The van der Waals surface area contributed by atoms with E-state index in [4.69, 9.17) is 0 Å². The second-order valence-electron chi connectivity index (χ2n) is 4.58. The Balaban J connectivity index is 1.86. The summed E-state index contributed by atoms with van der Waals surface area (Å²) in [5.74, 6) is -0.377. The first kappa shape index (κ1) is 11.1. The van der Waals surface area contributed by atoms with Gasteiger partial charge in [-0.25, -0.2) is 4.39 Å². The Morgan fingerprint density at radius 2 is 2.00 bits per heavy atom. The molecule has 0 amide bonds. The monoisotopic (exact) mass is 243 g/mol.